The lowest BCUT2D eigenvalue weighted by Crippen LogP contribution is -2.21. The quantitative estimate of drug-likeness (QED) is 0.690. The van der Waals surface area contributed by atoms with Crippen molar-refractivity contribution in [2.45, 2.75) is 41.5 Å². The number of amides is 1. The molecule has 0 fully saturated rings. The summed E-state index contributed by atoms with van der Waals surface area (Å²) in [6.45, 7) is 7.19. The zero-order valence-corrected chi connectivity index (χ0v) is 17.9. The van der Waals surface area contributed by atoms with Gasteiger partial charge >= 0.3 is 5.97 Å². The summed E-state index contributed by atoms with van der Waals surface area (Å²) >= 11 is 0. The van der Waals surface area contributed by atoms with Gasteiger partial charge in [0, 0.05) is 30.8 Å². The van der Waals surface area contributed by atoms with Crippen LogP contribution in [0.5, 0.6) is 0 Å². The number of nitrogens with zero attached hydrogens (tertiary/aromatic N) is 1. The summed E-state index contributed by atoms with van der Waals surface area (Å²) in [6, 6.07) is 12.5. The number of benzene rings is 2. The molecule has 0 radical (unpaired) electrons. The molecule has 2 aromatic carbocycles. The molecule has 0 aliphatic rings. The van der Waals surface area contributed by atoms with Crippen LogP contribution in [0.25, 0.3) is 0 Å². The number of carboxylic acid groups (broad SMARTS) is 1. The summed E-state index contributed by atoms with van der Waals surface area (Å²) in [5.41, 5.74) is 1.94. The van der Waals surface area contributed by atoms with Gasteiger partial charge in [0.15, 0.2) is 11.6 Å². The van der Waals surface area contributed by atoms with Crippen molar-refractivity contribution in [1.82, 2.24) is 4.90 Å². The normalized spacial score (nSPS) is 8.87. The topological polar surface area (TPSA) is 91.8 Å². The monoisotopic (exact) mass is 415 g/mol. The summed E-state index contributed by atoms with van der Waals surface area (Å²) in [6.07, 6.45) is 1.25. The fourth-order valence-electron chi connectivity index (χ4n) is 1.95. The minimum absolute atomic E-state index is 0. The Kier molecular flexibility index (Phi) is 14.2. The van der Waals surface area contributed by atoms with E-state index >= 15 is 0 Å². The second-order valence-electron chi connectivity index (χ2n) is 6.48. The van der Waals surface area contributed by atoms with Crippen LogP contribution in [-0.2, 0) is 0 Å². The molecule has 0 saturated heterocycles. The van der Waals surface area contributed by atoms with E-state index in [1.807, 2.05) is 0 Å². The zero-order chi connectivity index (χ0) is 22.6. The molecule has 0 unspecified atom stereocenters. The van der Waals surface area contributed by atoms with Crippen molar-refractivity contribution in [1.29, 1.82) is 0 Å². The number of Topliss-reactive ketones (excluding diaryl/α,β-unsaturated/α-hetero) is 2. The van der Waals surface area contributed by atoms with Gasteiger partial charge in [0.25, 0.3) is 5.91 Å². The van der Waals surface area contributed by atoms with E-state index < -0.39 is 5.97 Å². The maximum Gasteiger partial charge on any atom is 0.335 e. The number of aromatic carboxylic acids is 1. The number of rotatable bonds is 4. The van der Waals surface area contributed by atoms with Crippen molar-refractivity contribution in [3.63, 3.8) is 0 Å². The molecule has 0 aliphatic carbocycles. The molecule has 6 nitrogen and oxygen atoms in total. The van der Waals surface area contributed by atoms with E-state index in [-0.39, 0.29) is 30.5 Å². The number of carbonyl (C=O) groups is 4. The summed E-state index contributed by atoms with van der Waals surface area (Å²) in [4.78, 5) is 45.1. The Morgan fingerprint density at radius 3 is 1.20 bits per heavy atom. The Hall–Kier alpha value is -3.28. The summed E-state index contributed by atoms with van der Waals surface area (Å²) < 4.78 is 0. The van der Waals surface area contributed by atoms with Gasteiger partial charge in [0.1, 0.15) is 0 Å². The molecule has 0 atom stereocenters. The summed E-state index contributed by atoms with van der Waals surface area (Å²) in [5, 5.41) is 8.53. The lowest BCUT2D eigenvalue weighted by Gasteiger charge is -2.09. The molecular formula is C24H33NO5. The molecule has 0 aromatic heterocycles. The number of ketones is 2. The molecule has 0 saturated carbocycles. The molecule has 1 N–H and O–H groups in total. The molecule has 0 bridgehead atoms. The first-order valence-corrected chi connectivity index (χ1v) is 9.22. The molecule has 0 spiro atoms. The predicted octanol–water partition coefficient (Wildman–Crippen LogP) is 5.23. The van der Waals surface area contributed by atoms with Crippen LogP contribution >= 0.6 is 0 Å². The van der Waals surface area contributed by atoms with E-state index in [1.54, 1.807) is 38.4 Å². The second-order valence-corrected chi connectivity index (χ2v) is 6.48. The Bertz CT molecular complexity index is 789. The number of hydrogen-bond acceptors (Lipinski definition) is 4. The van der Waals surface area contributed by atoms with Gasteiger partial charge in [-0.05, 0) is 38.1 Å². The smallest absolute Gasteiger partial charge is 0.335 e. The fourth-order valence-corrected chi connectivity index (χ4v) is 1.95. The van der Waals surface area contributed by atoms with Crippen LogP contribution in [0.2, 0.25) is 0 Å². The van der Waals surface area contributed by atoms with Gasteiger partial charge in [-0.15, -0.1) is 0 Å². The van der Waals surface area contributed by atoms with Gasteiger partial charge < -0.3 is 10.0 Å². The van der Waals surface area contributed by atoms with Crippen LogP contribution in [0.4, 0.5) is 0 Å². The highest BCUT2D eigenvalue weighted by Crippen LogP contribution is 2.07. The van der Waals surface area contributed by atoms with E-state index in [0.717, 1.165) is 0 Å². The average molecular weight is 416 g/mol. The van der Waals surface area contributed by atoms with Crippen molar-refractivity contribution < 1.29 is 24.3 Å². The minimum Gasteiger partial charge on any atom is -0.478 e. The van der Waals surface area contributed by atoms with Gasteiger partial charge in [-0.1, -0.05) is 52.0 Å². The fraction of sp³-hybridized carbons (Fsp3) is 0.333. The van der Waals surface area contributed by atoms with Crippen LogP contribution in [-0.4, -0.2) is 47.5 Å². The standard InChI is InChI=1S/C11H13NO2.C9H8O3.C3H8.CH4/c1-8(13)9-4-6-10(7-5-9)11(14)12(2)3;1-6(10)7-2-4-8(5-3-7)9(11)12;1-3-2;/h4-7H,1-3H3;2-5H,1H3,(H,11,12);3H2,1-2H3;1H4. The predicted molar refractivity (Wildman–Crippen MR) is 121 cm³/mol. The van der Waals surface area contributed by atoms with Gasteiger partial charge in [-0.3, -0.25) is 14.4 Å². The first-order chi connectivity index (χ1) is 13.5. The van der Waals surface area contributed by atoms with Crippen LogP contribution in [0.3, 0.4) is 0 Å². The molecule has 2 rings (SSSR count). The molecule has 6 heteroatoms. The van der Waals surface area contributed by atoms with E-state index in [0.29, 0.717) is 16.7 Å². The summed E-state index contributed by atoms with van der Waals surface area (Å²) in [5.74, 6) is -1.09. The van der Waals surface area contributed by atoms with Crippen LogP contribution in [0, 0.1) is 0 Å². The molecular weight excluding hydrogens is 382 g/mol. The van der Waals surface area contributed by atoms with Crippen molar-refractivity contribution in [3.05, 3.63) is 70.8 Å². The third-order valence-corrected chi connectivity index (χ3v) is 3.48. The van der Waals surface area contributed by atoms with Crippen LogP contribution in [0.15, 0.2) is 48.5 Å². The first kappa shape index (κ1) is 28.9. The number of hydrogen-bond donors (Lipinski definition) is 1. The highest BCUT2D eigenvalue weighted by atomic mass is 16.4. The van der Waals surface area contributed by atoms with Crippen molar-refractivity contribution in [2.75, 3.05) is 14.1 Å². The zero-order valence-electron chi connectivity index (χ0n) is 17.9. The van der Waals surface area contributed by atoms with E-state index in [1.165, 1.54) is 49.4 Å². The van der Waals surface area contributed by atoms with Crippen LogP contribution in [0.1, 0.15) is 83.0 Å². The van der Waals surface area contributed by atoms with E-state index in [2.05, 4.69) is 13.8 Å². The Morgan fingerprint density at radius 2 is 0.967 bits per heavy atom. The van der Waals surface area contributed by atoms with Gasteiger partial charge in [0.05, 0.1) is 5.56 Å². The maximum atomic E-state index is 11.5. The largest absolute Gasteiger partial charge is 0.478 e. The SMILES string of the molecule is C.CC(=O)c1ccc(C(=O)N(C)C)cc1.CC(=O)c1ccc(C(=O)O)cc1.CCC. The van der Waals surface area contributed by atoms with Gasteiger partial charge in [-0.2, -0.15) is 0 Å². The number of carboxylic acids is 1. The highest BCUT2D eigenvalue weighted by Gasteiger charge is 2.07. The van der Waals surface area contributed by atoms with E-state index in [9.17, 15) is 19.2 Å². The van der Waals surface area contributed by atoms with Gasteiger partial charge in [-0.25, -0.2) is 4.79 Å². The lowest BCUT2D eigenvalue weighted by molar-refractivity contribution is 0.0695. The Balaban J connectivity index is 0. The molecule has 0 aliphatic heterocycles. The van der Waals surface area contributed by atoms with Crippen molar-refractivity contribution in [2.24, 2.45) is 0 Å². The van der Waals surface area contributed by atoms with Crippen molar-refractivity contribution in [3.8, 4) is 0 Å². The third kappa shape index (κ3) is 10.3. The second kappa shape index (κ2) is 14.7. The molecule has 2 aromatic rings. The third-order valence-electron chi connectivity index (χ3n) is 3.48. The first-order valence-electron chi connectivity index (χ1n) is 9.22. The Morgan fingerprint density at radius 1 is 0.700 bits per heavy atom. The molecule has 164 valence electrons. The highest BCUT2D eigenvalue weighted by molar-refractivity contribution is 5.97. The summed E-state index contributed by atoms with van der Waals surface area (Å²) in [7, 11) is 3.39. The maximum absolute atomic E-state index is 11.5. The van der Waals surface area contributed by atoms with Gasteiger partial charge in [0.2, 0.25) is 0 Å². The minimum atomic E-state index is -0.981. The Labute approximate surface area is 179 Å². The van der Waals surface area contributed by atoms with Crippen LogP contribution < -0.4 is 0 Å². The van der Waals surface area contributed by atoms with Crippen molar-refractivity contribution >= 4 is 23.4 Å². The lowest BCUT2D eigenvalue weighted by atomic mass is 10.1. The average Bonchev–Trinajstić information content (AvgIpc) is 2.68. The molecule has 30 heavy (non-hydrogen) atoms. The number of carbonyl (C=O) groups excluding carboxylic acids is 3. The molecule has 0 heterocycles. The molecule has 1 amide bonds. The van der Waals surface area contributed by atoms with E-state index in [4.69, 9.17) is 5.11 Å².